The zero-order valence-corrected chi connectivity index (χ0v) is 10.3. The average Bonchev–Trinajstić information content (AvgIpc) is 2.15. The lowest BCUT2D eigenvalue weighted by molar-refractivity contribution is -0.144. The fraction of sp³-hybridized carbons (Fsp3) is 0.769. The molecular weight excluding hydrogens is 188 g/mol. The van der Waals surface area contributed by atoms with Crippen molar-refractivity contribution in [1.29, 1.82) is 0 Å². The Balaban J connectivity index is 3.23. The maximum atomic E-state index is 11.2. The molecule has 2 nitrogen and oxygen atoms in total. The third-order valence-electron chi connectivity index (χ3n) is 2.01. The Morgan fingerprint density at radius 3 is 2.60 bits per heavy atom. The summed E-state index contributed by atoms with van der Waals surface area (Å²) in [6, 6.07) is 0. The van der Waals surface area contributed by atoms with E-state index in [2.05, 4.69) is 19.1 Å². The van der Waals surface area contributed by atoms with Gasteiger partial charge in [-0.3, -0.25) is 4.79 Å². The molecule has 0 heterocycles. The van der Waals surface area contributed by atoms with Gasteiger partial charge in [0.05, 0.1) is 6.61 Å². The first kappa shape index (κ1) is 14.2. The van der Waals surface area contributed by atoms with E-state index < -0.39 is 0 Å². The molecular formula is C13H24O2. The van der Waals surface area contributed by atoms with Crippen LogP contribution in [0, 0.1) is 5.92 Å². The molecule has 0 N–H and O–H groups in total. The molecule has 0 radical (unpaired) electrons. The lowest BCUT2D eigenvalue weighted by Gasteiger charge is -2.05. The van der Waals surface area contributed by atoms with Crippen LogP contribution in [0.3, 0.4) is 0 Å². The van der Waals surface area contributed by atoms with E-state index in [0.717, 1.165) is 25.7 Å². The molecule has 0 aliphatic carbocycles. The molecule has 0 aliphatic rings. The van der Waals surface area contributed by atoms with Crippen molar-refractivity contribution in [2.45, 2.75) is 52.9 Å². The van der Waals surface area contributed by atoms with Gasteiger partial charge in [-0.15, -0.1) is 0 Å². The number of carbonyl (C=O) groups is 1. The maximum Gasteiger partial charge on any atom is 0.306 e. The van der Waals surface area contributed by atoms with Gasteiger partial charge in [0.25, 0.3) is 0 Å². The summed E-state index contributed by atoms with van der Waals surface area (Å²) in [7, 11) is 0. The highest BCUT2D eigenvalue weighted by molar-refractivity contribution is 5.69. The standard InChI is InChI=1S/C13H24O2/c1-4-5-6-7-8-9-10-15-13(14)11-12(2)3/h5-6,12H,4,7-11H2,1-3H3/b6-5-. The molecule has 0 fully saturated rings. The summed E-state index contributed by atoms with van der Waals surface area (Å²) in [6.45, 7) is 6.75. The summed E-state index contributed by atoms with van der Waals surface area (Å²) in [5.41, 5.74) is 0. The van der Waals surface area contributed by atoms with Gasteiger partial charge in [-0.1, -0.05) is 32.9 Å². The largest absolute Gasteiger partial charge is 0.466 e. The van der Waals surface area contributed by atoms with Crippen molar-refractivity contribution in [1.82, 2.24) is 0 Å². The van der Waals surface area contributed by atoms with Gasteiger partial charge < -0.3 is 4.74 Å². The highest BCUT2D eigenvalue weighted by Crippen LogP contribution is 2.03. The van der Waals surface area contributed by atoms with Crippen LogP contribution in [0.15, 0.2) is 12.2 Å². The molecule has 15 heavy (non-hydrogen) atoms. The molecule has 0 unspecified atom stereocenters. The number of allylic oxidation sites excluding steroid dienone is 2. The predicted octanol–water partition coefficient (Wildman–Crippen LogP) is 3.71. The van der Waals surface area contributed by atoms with E-state index in [1.54, 1.807) is 0 Å². The summed E-state index contributed by atoms with van der Waals surface area (Å²) < 4.78 is 5.10. The molecule has 0 spiro atoms. The molecule has 0 saturated heterocycles. The SMILES string of the molecule is CC/C=C\CCCCOC(=O)CC(C)C. The van der Waals surface area contributed by atoms with Crippen molar-refractivity contribution in [2.75, 3.05) is 6.61 Å². The van der Waals surface area contributed by atoms with Gasteiger partial charge in [0.15, 0.2) is 0 Å². The van der Waals surface area contributed by atoms with Crippen LogP contribution in [-0.4, -0.2) is 12.6 Å². The molecule has 88 valence electrons. The van der Waals surface area contributed by atoms with Crippen LogP contribution >= 0.6 is 0 Å². The first-order chi connectivity index (χ1) is 7.16. The highest BCUT2D eigenvalue weighted by atomic mass is 16.5. The Labute approximate surface area is 93.7 Å². The Bertz CT molecular complexity index is 183. The van der Waals surface area contributed by atoms with Gasteiger partial charge in [0.1, 0.15) is 0 Å². The van der Waals surface area contributed by atoms with E-state index in [0.29, 0.717) is 18.9 Å². The van der Waals surface area contributed by atoms with Crippen LogP contribution in [0.4, 0.5) is 0 Å². The summed E-state index contributed by atoms with van der Waals surface area (Å²) in [6.07, 6.45) is 9.17. The highest BCUT2D eigenvalue weighted by Gasteiger charge is 2.04. The number of hydrogen-bond donors (Lipinski definition) is 0. The minimum Gasteiger partial charge on any atom is -0.466 e. The Kier molecular flexibility index (Phi) is 9.24. The van der Waals surface area contributed by atoms with Crippen LogP contribution < -0.4 is 0 Å². The lowest BCUT2D eigenvalue weighted by Crippen LogP contribution is -2.08. The minimum absolute atomic E-state index is 0.0610. The Hall–Kier alpha value is -0.790. The zero-order valence-electron chi connectivity index (χ0n) is 10.3. The van der Waals surface area contributed by atoms with Gasteiger partial charge in [0.2, 0.25) is 0 Å². The second-order valence-electron chi connectivity index (χ2n) is 4.19. The van der Waals surface area contributed by atoms with E-state index >= 15 is 0 Å². The third-order valence-corrected chi connectivity index (χ3v) is 2.01. The van der Waals surface area contributed by atoms with Crippen molar-refractivity contribution in [2.24, 2.45) is 5.92 Å². The normalized spacial score (nSPS) is 11.2. The fourth-order valence-electron chi connectivity index (χ4n) is 1.23. The van der Waals surface area contributed by atoms with Crippen LogP contribution in [0.2, 0.25) is 0 Å². The van der Waals surface area contributed by atoms with Crippen LogP contribution in [0.25, 0.3) is 0 Å². The molecule has 2 heteroatoms. The molecule has 0 aliphatic heterocycles. The molecule has 0 atom stereocenters. The fourth-order valence-corrected chi connectivity index (χ4v) is 1.23. The monoisotopic (exact) mass is 212 g/mol. The Morgan fingerprint density at radius 2 is 2.00 bits per heavy atom. The lowest BCUT2D eigenvalue weighted by atomic mass is 10.1. The molecule has 0 aromatic rings. The third kappa shape index (κ3) is 11.1. The summed E-state index contributed by atoms with van der Waals surface area (Å²) in [4.78, 5) is 11.2. The molecule has 0 rings (SSSR count). The number of esters is 1. The minimum atomic E-state index is -0.0610. The van der Waals surface area contributed by atoms with E-state index in [-0.39, 0.29) is 5.97 Å². The van der Waals surface area contributed by atoms with Crippen molar-refractivity contribution in [3.8, 4) is 0 Å². The van der Waals surface area contributed by atoms with Gasteiger partial charge in [-0.05, 0) is 31.6 Å². The second kappa shape index (κ2) is 9.75. The van der Waals surface area contributed by atoms with Crippen molar-refractivity contribution >= 4 is 5.97 Å². The van der Waals surface area contributed by atoms with Crippen LogP contribution in [-0.2, 0) is 9.53 Å². The number of ether oxygens (including phenoxy) is 1. The van der Waals surface area contributed by atoms with Gasteiger partial charge in [0, 0.05) is 6.42 Å². The quantitative estimate of drug-likeness (QED) is 0.348. The summed E-state index contributed by atoms with van der Waals surface area (Å²) in [5.74, 6) is 0.332. The topological polar surface area (TPSA) is 26.3 Å². The maximum absolute atomic E-state index is 11.2. The number of unbranched alkanes of at least 4 members (excludes halogenated alkanes) is 2. The smallest absolute Gasteiger partial charge is 0.306 e. The predicted molar refractivity (Wildman–Crippen MR) is 63.7 cm³/mol. The van der Waals surface area contributed by atoms with E-state index in [9.17, 15) is 4.79 Å². The summed E-state index contributed by atoms with van der Waals surface area (Å²) >= 11 is 0. The number of carbonyl (C=O) groups excluding carboxylic acids is 1. The zero-order chi connectivity index (χ0) is 11.5. The second-order valence-corrected chi connectivity index (χ2v) is 4.19. The molecule has 0 aromatic heterocycles. The van der Waals surface area contributed by atoms with Crippen molar-refractivity contribution < 1.29 is 9.53 Å². The molecule has 0 saturated carbocycles. The van der Waals surface area contributed by atoms with Gasteiger partial charge in [-0.2, -0.15) is 0 Å². The van der Waals surface area contributed by atoms with E-state index in [4.69, 9.17) is 4.74 Å². The first-order valence-corrected chi connectivity index (χ1v) is 5.97. The summed E-state index contributed by atoms with van der Waals surface area (Å²) in [5, 5.41) is 0. The molecule has 0 aromatic carbocycles. The number of rotatable bonds is 8. The van der Waals surface area contributed by atoms with Crippen LogP contribution in [0.5, 0.6) is 0 Å². The number of hydrogen-bond acceptors (Lipinski definition) is 2. The molecule has 0 bridgehead atoms. The van der Waals surface area contributed by atoms with Crippen LogP contribution in [0.1, 0.15) is 52.9 Å². The van der Waals surface area contributed by atoms with E-state index in [1.165, 1.54) is 0 Å². The van der Waals surface area contributed by atoms with Crippen molar-refractivity contribution in [3.63, 3.8) is 0 Å². The van der Waals surface area contributed by atoms with Gasteiger partial charge >= 0.3 is 5.97 Å². The Morgan fingerprint density at radius 1 is 1.27 bits per heavy atom. The average molecular weight is 212 g/mol. The van der Waals surface area contributed by atoms with Gasteiger partial charge in [-0.25, -0.2) is 0 Å². The van der Waals surface area contributed by atoms with E-state index in [1.807, 2.05) is 13.8 Å². The first-order valence-electron chi connectivity index (χ1n) is 5.97. The molecule has 0 amide bonds. The van der Waals surface area contributed by atoms with Crippen molar-refractivity contribution in [3.05, 3.63) is 12.2 Å².